The number of aliphatic hydroxyl groups excluding tert-OH is 3. The zero-order chi connectivity index (χ0) is 23.9. The van der Waals surface area contributed by atoms with Gasteiger partial charge in [-0.1, -0.05) is 23.7 Å². The van der Waals surface area contributed by atoms with Gasteiger partial charge in [0.1, 0.15) is 42.0 Å². The number of fused-ring (bicyclic) bond motifs is 1. The molecule has 1 saturated heterocycles. The van der Waals surface area contributed by atoms with Crippen molar-refractivity contribution in [1.29, 1.82) is 0 Å². The normalized spacial score (nSPS) is 29.9. The van der Waals surface area contributed by atoms with Crippen LogP contribution in [0.25, 0.3) is 0 Å². The van der Waals surface area contributed by atoms with Crippen LogP contribution in [0.5, 0.6) is 11.5 Å². The third kappa shape index (κ3) is 4.78. The lowest BCUT2D eigenvalue weighted by molar-refractivity contribution is -0.201. The van der Waals surface area contributed by atoms with Crippen LogP contribution in [0.3, 0.4) is 0 Å². The van der Waals surface area contributed by atoms with E-state index in [9.17, 15) is 19.5 Å². The molecule has 33 heavy (non-hydrogen) atoms. The van der Waals surface area contributed by atoms with E-state index in [4.69, 9.17) is 25.8 Å². The van der Waals surface area contributed by atoms with Gasteiger partial charge in [0.25, 0.3) is 0 Å². The van der Waals surface area contributed by atoms with Gasteiger partial charge in [-0.25, -0.2) is 0 Å². The second-order valence-corrected chi connectivity index (χ2v) is 10.4. The highest BCUT2D eigenvalue weighted by Gasteiger charge is 2.47. The summed E-state index contributed by atoms with van der Waals surface area (Å²) >= 11 is 6.78. The van der Waals surface area contributed by atoms with Crippen molar-refractivity contribution < 1.29 is 33.7 Å². The van der Waals surface area contributed by atoms with Gasteiger partial charge in [-0.3, -0.25) is 4.21 Å². The Labute approximate surface area is 200 Å². The Morgan fingerprint density at radius 1 is 1.15 bits per heavy atom. The van der Waals surface area contributed by atoms with Gasteiger partial charge in [0.15, 0.2) is 5.44 Å². The van der Waals surface area contributed by atoms with Crippen molar-refractivity contribution in [3.05, 3.63) is 57.6 Å². The molecule has 0 aliphatic carbocycles. The number of halogens is 1. The van der Waals surface area contributed by atoms with Crippen LogP contribution < -0.4 is 9.47 Å². The van der Waals surface area contributed by atoms with E-state index in [0.29, 0.717) is 35.8 Å². The fourth-order valence-corrected chi connectivity index (χ4v) is 5.56. The van der Waals surface area contributed by atoms with Crippen LogP contribution in [-0.2, 0) is 28.4 Å². The van der Waals surface area contributed by atoms with Crippen molar-refractivity contribution in [2.75, 3.05) is 12.9 Å². The molecule has 0 aromatic heterocycles. The molecular weight excluding hydrogens is 468 g/mol. The SMILES string of the molecule is CCOc1ccc(Cc2cc([C@@H]3O[C@H](S(C)=O)[C@@H](O)[C@H](O)[C@H]3O)c3c(c2Cl)C[C@H](C)O3)cc1. The van der Waals surface area contributed by atoms with Gasteiger partial charge in [-0.05, 0) is 49.6 Å². The molecule has 180 valence electrons. The van der Waals surface area contributed by atoms with E-state index in [1.165, 1.54) is 6.26 Å². The summed E-state index contributed by atoms with van der Waals surface area (Å²) in [5.74, 6) is 1.30. The fraction of sp³-hybridized carbons (Fsp3) is 0.500. The Hall–Kier alpha value is -1.68. The number of rotatable bonds is 6. The first-order valence-corrected chi connectivity index (χ1v) is 13.0. The van der Waals surface area contributed by atoms with E-state index in [2.05, 4.69) is 0 Å². The maximum atomic E-state index is 12.1. The van der Waals surface area contributed by atoms with Crippen molar-refractivity contribution >= 4 is 22.4 Å². The van der Waals surface area contributed by atoms with Crippen LogP contribution in [0, 0.1) is 0 Å². The highest BCUT2D eigenvalue weighted by Crippen LogP contribution is 2.46. The Morgan fingerprint density at radius 2 is 1.85 bits per heavy atom. The largest absolute Gasteiger partial charge is 0.494 e. The lowest BCUT2D eigenvalue weighted by atomic mass is 9.90. The van der Waals surface area contributed by atoms with E-state index < -0.39 is 40.7 Å². The van der Waals surface area contributed by atoms with Crippen molar-refractivity contribution in [2.45, 2.75) is 62.6 Å². The Kier molecular flexibility index (Phi) is 7.33. The lowest BCUT2D eigenvalue weighted by Crippen LogP contribution is -2.55. The maximum absolute atomic E-state index is 12.1. The molecule has 3 N–H and O–H groups in total. The molecule has 4 rings (SSSR count). The van der Waals surface area contributed by atoms with E-state index in [0.717, 1.165) is 22.4 Å². The van der Waals surface area contributed by atoms with Gasteiger partial charge < -0.3 is 29.5 Å². The zero-order valence-corrected chi connectivity index (χ0v) is 20.3. The molecule has 2 aromatic carbocycles. The summed E-state index contributed by atoms with van der Waals surface area (Å²) in [4.78, 5) is 0. The predicted octanol–water partition coefficient (Wildman–Crippen LogP) is 2.51. The molecule has 0 saturated carbocycles. The van der Waals surface area contributed by atoms with Crippen molar-refractivity contribution in [3.63, 3.8) is 0 Å². The maximum Gasteiger partial charge on any atom is 0.161 e. The van der Waals surface area contributed by atoms with Crippen molar-refractivity contribution in [3.8, 4) is 11.5 Å². The number of aliphatic hydroxyl groups is 3. The first-order chi connectivity index (χ1) is 15.7. The number of hydrogen-bond donors (Lipinski definition) is 3. The average molecular weight is 497 g/mol. The Balaban J connectivity index is 1.74. The summed E-state index contributed by atoms with van der Waals surface area (Å²) < 4.78 is 29.5. The highest BCUT2D eigenvalue weighted by molar-refractivity contribution is 7.84. The molecule has 7 atom stereocenters. The minimum absolute atomic E-state index is 0.121. The monoisotopic (exact) mass is 496 g/mol. The van der Waals surface area contributed by atoms with Crippen molar-refractivity contribution in [2.24, 2.45) is 0 Å². The van der Waals surface area contributed by atoms with Crippen LogP contribution in [0.4, 0.5) is 0 Å². The molecule has 0 amide bonds. The molecule has 1 fully saturated rings. The van der Waals surface area contributed by atoms with E-state index >= 15 is 0 Å². The predicted molar refractivity (Wildman–Crippen MR) is 125 cm³/mol. The third-order valence-electron chi connectivity index (χ3n) is 6.06. The standard InChI is InChI=1S/C24H29ClO7S/c1-4-30-15-7-5-13(6-8-15)10-14-11-17(22-16(18(14)25)9-12(2)31-22)23-20(27)19(26)21(28)24(32-23)33(3)29/h5-8,11-12,19-21,23-24,26-28H,4,9-10H2,1-3H3/t12-,19+,20+,21-,23-,24+,33?/m0/s1. The topological polar surface area (TPSA) is 105 Å². The second-order valence-electron chi connectivity index (χ2n) is 8.53. The van der Waals surface area contributed by atoms with Gasteiger partial charge in [0.05, 0.1) is 22.4 Å². The summed E-state index contributed by atoms with van der Waals surface area (Å²) in [5, 5.41) is 32.0. The van der Waals surface area contributed by atoms with Gasteiger partial charge >= 0.3 is 0 Å². The number of hydrogen-bond acceptors (Lipinski definition) is 7. The molecule has 0 radical (unpaired) electrons. The van der Waals surface area contributed by atoms with E-state index in [1.54, 1.807) is 0 Å². The first-order valence-electron chi connectivity index (χ1n) is 11.0. The van der Waals surface area contributed by atoms with Crippen LogP contribution in [0.15, 0.2) is 30.3 Å². The Morgan fingerprint density at radius 3 is 2.48 bits per heavy atom. The van der Waals surface area contributed by atoms with E-state index in [1.807, 2.05) is 44.2 Å². The fourth-order valence-electron chi connectivity index (χ4n) is 4.45. The quantitative estimate of drug-likeness (QED) is 0.564. The molecule has 0 spiro atoms. The molecule has 7 nitrogen and oxygen atoms in total. The Bertz CT molecular complexity index is 1030. The molecular formula is C24H29ClO7S. The minimum Gasteiger partial charge on any atom is -0.494 e. The average Bonchev–Trinajstić information content (AvgIpc) is 3.18. The van der Waals surface area contributed by atoms with Crippen LogP contribution >= 0.6 is 11.6 Å². The zero-order valence-electron chi connectivity index (χ0n) is 18.7. The first kappa shape index (κ1) is 24.4. The summed E-state index contributed by atoms with van der Waals surface area (Å²) in [7, 11) is -1.58. The van der Waals surface area contributed by atoms with E-state index in [-0.39, 0.29) is 6.10 Å². The number of ether oxygens (including phenoxy) is 3. The van der Waals surface area contributed by atoms with Gasteiger partial charge in [-0.15, -0.1) is 0 Å². The molecule has 1 unspecified atom stereocenters. The molecule has 0 bridgehead atoms. The smallest absolute Gasteiger partial charge is 0.161 e. The summed E-state index contributed by atoms with van der Waals surface area (Å²) in [6.07, 6.45) is -3.06. The summed E-state index contributed by atoms with van der Waals surface area (Å²) in [6.45, 7) is 4.44. The third-order valence-corrected chi connectivity index (χ3v) is 7.57. The highest BCUT2D eigenvalue weighted by atomic mass is 35.5. The van der Waals surface area contributed by atoms with Gasteiger partial charge in [-0.2, -0.15) is 0 Å². The summed E-state index contributed by atoms with van der Waals surface area (Å²) in [5.41, 5.74) is 2.03. The molecule has 9 heteroatoms. The van der Waals surface area contributed by atoms with Crippen LogP contribution in [0.1, 0.15) is 42.2 Å². The number of benzene rings is 2. The molecule has 2 aromatic rings. The molecule has 2 aliphatic rings. The van der Waals surface area contributed by atoms with Gasteiger partial charge in [0, 0.05) is 23.8 Å². The van der Waals surface area contributed by atoms with Crippen LogP contribution in [0.2, 0.25) is 5.02 Å². The minimum atomic E-state index is -1.58. The summed E-state index contributed by atoms with van der Waals surface area (Å²) in [6, 6.07) is 9.55. The van der Waals surface area contributed by atoms with Crippen LogP contribution in [-0.4, -0.2) is 62.2 Å². The molecule has 2 aliphatic heterocycles. The van der Waals surface area contributed by atoms with Gasteiger partial charge in [0.2, 0.25) is 0 Å². The van der Waals surface area contributed by atoms with Crippen molar-refractivity contribution in [1.82, 2.24) is 0 Å². The lowest BCUT2D eigenvalue weighted by Gasteiger charge is -2.40. The second kappa shape index (κ2) is 9.90. The molecule has 2 heterocycles.